The SMILES string of the molecule is CCC(CCN)n1c(C2CCCN2C(=O)OC)cc2c(-c3ccc(C(=O)NC)nc3)nc3c(F)c(-c4cccc(Cl)c4Cl)c(CCC#N)cc3c21. The van der Waals surface area contributed by atoms with Crippen molar-refractivity contribution in [3.63, 3.8) is 0 Å². The maximum atomic E-state index is 17.5. The van der Waals surface area contributed by atoms with Gasteiger partial charge in [0.25, 0.3) is 5.91 Å². The second-order valence-electron chi connectivity index (χ2n) is 12.5. The number of likely N-dealkylation sites (tertiary alicyclic amines) is 1. The highest BCUT2D eigenvalue weighted by molar-refractivity contribution is 6.43. The summed E-state index contributed by atoms with van der Waals surface area (Å²) in [7, 11) is 2.90. The van der Waals surface area contributed by atoms with Gasteiger partial charge < -0.3 is 20.4 Å². The zero-order valence-corrected chi connectivity index (χ0v) is 30.1. The zero-order valence-electron chi connectivity index (χ0n) is 28.6. The van der Waals surface area contributed by atoms with Crippen molar-refractivity contribution in [1.82, 2.24) is 24.8 Å². The summed E-state index contributed by atoms with van der Waals surface area (Å²) in [5, 5.41) is 13.9. The average Bonchev–Trinajstić information content (AvgIpc) is 3.79. The van der Waals surface area contributed by atoms with E-state index in [1.807, 2.05) is 12.1 Å². The zero-order chi connectivity index (χ0) is 36.4. The molecule has 0 spiro atoms. The number of hydrogen-bond acceptors (Lipinski definition) is 7. The monoisotopic (exact) mass is 729 g/mol. The Morgan fingerprint density at radius 1 is 1.22 bits per heavy atom. The third-order valence-corrected chi connectivity index (χ3v) is 10.5. The van der Waals surface area contributed by atoms with E-state index in [4.69, 9.17) is 38.7 Å². The van der Waals surface area contributed by atoms with Crippen LogP contribution in [0.3, 0.4) is 0 Å². The van der Waals surface area contributed by atoms with Gasteiger partial charge in [-0.2, -0.15) is 5.26 Å². The Bertz CT molecular complexity index is 2180. The molecule has 1 saturated heterocycles. The Hall–Kier alpha value is -4.76. The maximum Gasteiger partial charge on any atom is 0.410 e. The van der Waals surface area contributed by atoms with Gasteiger partial charge in [0.05, 0.1) is 40.5 Å². The van der Waals surface area contributed by atoms with Gasteiger partial charge in [0.1, 0.15) is 11.2 Å². The van der Waals surface area contributed by atoms with E-state index >= 15 is 4.39 Å². The van der Waals surface area contributed by atoms with E-state index in [-0.39, 0.29) is 57.7 Å². The molecule has 0 bridgehead atoms. The quantitative estimate of drug-likeness (QED) is 0.147. The molecule has 51 heavy (non-hydrogen) atoms. The fourth-order valence-electron chi connectivity index (χ4n) is 7.31. The molecule has 3 aromatic heterocycles. The Morgan fingerprint density at radius 3 is 2.69 bits per heavy atom. The number of aromatic nitrogens is 3. The predicted molar refractivity (Wildman–Crippen MR) is 197 cm³/mol. The summed E-state index contributed by atoms with van der Waals surface area (Å²) in [6, 6.07) is 14.1. The number of rotatable bonds is 10. The molecule has 3 N–H and O–H groups in total. The standard InChI is InChI=1S/C38H38Cl2FN7O3/c1-4-23(14-16-43)48-30(29-11-7-17-47(29)38(50)51-3)19-26-34(22-12-13-28(45-20-22)37(49)44-2)46-35-25(36(26)48)18-21(8-6-15-42)31(33(35)41)24-9-5-10-27(39)32(24)40/h5,9-10,12-13,18-20,23,29H,4,6-8,11,14,16-17,43H2,1-3H3,(H,44,49). The number of ether oxygens (including phenoxy) is 1. The van der Waals surface area contributed by atoms with Crippen LogP contribution in [0.4, 0.5) is 9.18 Å². The van der Waals surface area contributed by atoms with Gasteiger partial charge in [0.15, 0.2) is 5.82 Å². The summed E-state index contributed by atoms with van der Waals surface area (Å²) < 4.78 is 24.9. The van der Waals surface area contributed by atoms with Crippen molar-refractivity contribution in [2.45, 2.75) is 57.5 Å². The molecule has 13 heteroatoms. The number of benzene rings is 2. The third kappa shape index (κ3) is 6.48. The van der Waals surface area contributed by atoms with Crippen LogP contribution in [-0.4, -0.2) is 58.7 Å². The number of fused-ring (bicyclic) bond motifs is 3. The normalized spacial score (nSPS) is 14.9. The average molecular weight is 731 g/mol. The molecule has 264 valence electrons. The van der Waals surface area contributed by atoms with Crippen molar-refractivity contribution >= 4 is 57.0 Å². The summed E-state index contributed by atoms with van der Waals surface area (Å²) in [4.78, 5) is 36.5. The van der Waals surface area contributed by atoms with Crippen LogP contribution in [0, 0.1) is 17.1 Å². The number of hydrogen-bond donors (Lipinski definition) is 2. The third-order valence-electron chi connectivity index (χ3n) is 9.69. The van der Waals surface area contributed by atoms with E-state index in [2.05, 4.69) is 27.9 Å². The number of pyridine rings is 2. The molecule has 4 heterocycles. The van der Waals surface area contributed by atoms with E-state index in [0.717, 1.165) is 23.0 Å². The van der Waals surface area contributed by atoms with Crippen molar-refractivity contribution < 1.29 is 18.7 Å². The van der Waals surface area contributed by atoms with Crippen LogP contribution < -0.4 is 11.1 Å². The smallest absolute Gasteiger partial charge is 0.410 e. The number of nitrogens with two attached hydrogens (primary N) is 1. The minimum absolute atomic E-state index is 0.0874. The largest absolute Gasteiger partial charge is 0.453 e. The van der Waals surface area contributed by atoms with Gasteiger partial charge >= 0.3 is 6.09 Å². The van der Waals surface area contributed by atoms with Crippen LogP contribution in [0.15, 0.2) is 48.7 Å². The number of amides is 2. The van der Waals surface area contributed by atoms with Crippen molar-refractivity contribution in [3.8, 4) is 28.5 Å². The maximum absolute atomic E-state index is 17.5. The molecule has 5 aromatic rings. The minimum atomic E-state index is -0.610. The molecule has 1 aliphatic heterocycles. The number of nitrogens with one attached hydrogen (secondary N) is 1. The van der Waals surface area contributed by atoms with Gasteiger partial charge in [0.2, 0.25) is 0 Å². The minimum Gasteiger partial charge on any atom is -0.453 e. The first kappa shape index (κ1) is 36.0. The lowest BCUT2D eigenvalue weighted by Gasteiger charge is -2.28. The van der Waals surface area contributed by atoms with E-state index < -0.39 is 11.9 Å². The molecule has 2 atom stereocenters. The second-order valence-corrected chi connectivity index (χ2v) is 13.3. The summed E-state index contributed by atoms with van der Waals surface area (Å²) in [5.74, 6) is -0.955. The van der Waals surface area contributed by atoms with Gasteiger partial charge in [-0.05, 0) is 74.5 Å². The first-order chi connectivity index (χ1) is 24.7. The molecular weight excluding hydrogens is 692 g/mol. The summed E-state index contributed by atoms with van der Waals surface area (Å²) >= 11 is 13.1. The van der Waals surface area contributed by atoms with Crippen LogP contribution in [0.2, 0.25) is 10.0 Å². The lowest BCUT2D eigenvalue weighted by atomic mass is 9.92. The Labute approximate surface area is 305 Å². The fraction of sp³-hybridized carbons (Fsp3) is 0.342. The molecule has 6 rings (SSSR count). The van der Waals surface area contributed by atoms with Gasteiger partial charge in [-0.25, -0.2) is 14.2 Å². The van der Waals surface area contributed by atoms with Gasteiger partial charge in [-0.15, -0.1) is 0 Å². The van der Waals surface area contributed by atoms with Crippen LogP contribution in [-0.2, 0) is 11.2 Å². The lowest BCUT2D eigenvalue weighted by molar-refractivity contribution is 0.0958. The predicted octanol–water partition coefficient (Wildman–Crippen LogP) is 8.38. The number of halogens is 3. The number of methoxy groups -OCH3 is 1. The molecule has 2 amide bonds. The highest BCUT2D eigenvalue weighted by Gasteiger charge is 2.36. The van der Waals surface area contributed by atoms with Gasteiger partial charge in [0, 0.05) is 65.4 Å². The van der Waals surface area contributed by atoms with E-state index in [1.165, 1.54) is 14.2 Å². The Kier molecular flexibility index (Phi) is 10.8. The van der Waals surface area contributed by atoms with Crippen LogP contribution in [0.1, 0.15) is 72.9 Å². The van der Waals surface area contributed by atoms with Gasteiger partial charge in [-0.1, -0.05) is 42.3 Å². The highest BCUT2D eigenvalue weighted by Crippen LogP contribution is 2.46. The first-order valence-electron chi connectivity index (χ1n) is 16.9. The molecule has 0 saturated carbocycles. The summed E-state index contributed by atoms with van der Waals surface area (Å²) in [6.07, 6.45) is 4.33. The Morgan fingerprint density at radius 2 is 2.02 bits per heavy atom. The molecule has 10 nitrogen and oxygen atoms in total. The molecule has 1 aliphatic rings. The van der Waals surface area contributed by atoms with E-state index in [1.54, 1.807) is 41.4 Å². The van der Waals surface area contributed by atoms with Crippen molar-refractivity contribution in [2.24, 2.45) is 5.73 Å². The molecule has 2 aromatic carbocycles. The summed E-state index contributed by atoms with van der Waals surface area (Å²) in [6.45, 7) is 3.01. The molecule has 1 fully saturated rings. The molecule has 2 unspecified atom stereocenters. The lowest BCUT2D eigenvalue weighted by Crippen LogP contribution is -2.32. The van der Waals surface area contributed by atoms with Crippen molar-refractivity contribution in [2.75, 3.05) is 27.2 Å². The molecule has 0 radical (unpaired) electrons. The highest BCUT2D eigenvalue weighted by atomic mass is 35.5. The van der Waals surface area contributed by atoms with Crippen molar-refractivity contribution in [3.05, 3.63) is 81.5 Å². The van der Waals surface area contributed by atoms with Crippen molar-refractivity contribution in [1.29, 1.82) is 5.26 Å². The molecule has 0 aliphatic carbocycles. The molecular formula is C38H38Cl2FN7O3. The fourth-order valence-corrected chi connectivity index (χ4v) is 7.71. The van der Waals surface area contributed by atoms with Crippen LogP contribution in [0.25, 0.3) is 44.2 Å². The first-order valence-corrected chi connectivity index (χ1v) is 17.7. The topological polar surface area (TPSA) is 139 Å². The van der Waals surface area contributed by atoms with Crippen LogP contribution in [0.5, 0.6) is 0 Å². The number of nitriles is 1. The number of carbonyl (C=O) groups is 2. The number of carbonyl (C=O) groups excluding carboxylic acids is 2. The van der Waals surface area contributed by atoms with Gasteiger partial charge in [-0.3, -0.25) is 14.7 Å². The van der Waals surface area contributed by atoms with Crippen LogP contribution >= 0.6 is 23.2 Å². The van der Waals surface area contributed by atoms with E-state index in [9.17, 15) is 14.9 Å². The number of aryl methyl sites for hydroxylation is 1. The number of nitrogens with zero attached hydrogens (tertiary/aromatic N) is 5. The summed E-state index contributed by atoms with van der Waals surface area (Å²) in [5.41, 5.74) is 10.3. The Balaban J connectivity index is 1.78. The second kappa shape index (κ2) is 15.2. The van der Waals surface area contributed by atoms with E-state index in [0.29, 0.717) is 60.1 Å².